The molecule has 0 unspecified atom stereocenters. The molecule has 33 heavy (non-hydrogen) atoms. The Morgan fingerprint density at radius 1 is 1.27 bits per heavy atom. The van der Waals surface area contributed by atoms with Crippen LogP contribution >= 0.6 is 23.1 Å². The Kier molecular flexibility index (Phi) is 7.58. The van der Waals surface area contributed by atoms with E-state index in [2.05, 4.69) is 22.1 Å². The van der Waals surface area contributed by atoms with Gasteiger partial charge in [0.15, 0.2) is 5.16 Å². The van der Waals surface area contributed by atoms with Gasteiger partial charge in [0.1, 0.15) is 11.3 Å². The number of amides is 2. The molecule has 4 rings (SSSR count). The van der Waals surface area contributed by atoms with Gasteiger partial charge in [-0.3, -0.25) is 9.59 Å². The van der Waals surface area contributed by atoms with Crippen molar-refractivity contribution in [2.24, 2.45) is 0 Å². The highest BCUT2D eigenvalue weighted by molar-refractivity contribution is 7.99. The maximum Gasteiger partial charge on any atom is 0.257 e. The lowest BCUT2D eigenvalue weighted by atomic mass is 10.1. The number of anilines is 1. The van der Waals surface area contributed by atoms with E-state index >= 15 is 0 Å². The molecule has 0 atom stereocenters. The van der Waals surface area contributed by atoms with Crippen LogP contribution in [0.3, 0.4) is 0 Å². The highest BCUT2D eigenvalue weighted by atomic mass is 32.2. The van der Waals surface area contributed by atoms with Crippen molar-refractivity contribution >= 4 is 39.9 Å². The summed E-state index contributed by atoms with van der Waals surface area (Å²) in [6.45, 7) is 8.34. The third-order valence-corrected chi connectivity index (χ3v) is 7.42. The minimum atomic E-state index is -0.204. The number of nitrogens with zero attached hydrogens (tertiary/aromatic N) is 4. The standard InChI is InChI=1S/C23H25N5O3S2/c1-3-9-28-15-24-26-23(28)32-14-18(29)25-21-19(22(30)27-10-12-31-13-11-27)16(2)20(33-21)17-7-5-4-6-8-17/h3-8,15H,1,9-14H2,2H3,(H,25,29). The molecule has 0 spiro atoms. The number of hydrogen-bond donors (Lipinski definition) is 1. The number of benzene rings is 1. The van der Waals surface area contributed by atoms with Gasteiger partial charge in [0.05, 0.1) is 24.5 Å². The number of aromatic nitrogens is 3. The first-order chi connectivity index (χ1) is 16.1. The van der Waals surface area contributed by atoms with Crippen molar-refractivity contribution in [2.45, 2.75) is 18.6 Å². The molecule has 2 aromatic heterocycles. The Hall–Kier alpha value is -2.95. The van der Waals surface area contributed by atoms with E-state index < -0.39 is 0 Å². The fourth-order valence-corrected chi connectivity index (χ4v) is 5.51. The van der Waals surface area contributed by atoms with Crippen LogP contribution in [0.2, 0.25) is 0 Å². The van der Waals surface area contributed by atoms with E-state index in [1.54, 1.807) is 17.3 Å². The second-order valence-electron chi connectivity index (χ2n) is 7.42. The Balaban J connectivity index is 1.57. The zero-order valence-electron chi connectivity index (χ0n) is 18.3. The average Bonchev–Trinajstić information content (AvgIpc) is 3.42. The largest absolute Gasteiger partial charge is 0.378 e. The Morgan fingerprint density at radius 3 is 2.76 bits per heavy atom. The van der Waals surface area contributed by atoms with Crippen LogP contribution in [0.15, 0.2) is 54.5 Å². The molecule has 1 saturated heterocycles. The number of carbonyl (C=O) groups excluding carboxylic acids is 2. The fraction of sp³-hybridized carbons (Fsp3) is 0.304. The number of nitrogens with one attached hydrogen (secondary N) is 1. The molecule has 3 heterocycles. The highest BCUT2D eigenvalue weighted by Gasteiger charge is 2.28. The van der Waals surface area contributed by atoms with E-state index in [-0.39, 0.29) is 17.6 Å². The van der Waals surface area contributed by atoms with Crippen molar-refractivity contribution in [3.05, 3.63) is 60.4 Å². The Morgan fingerprint density at radius 2 is 2.03 bits per heavy atom. The smallest absolute Gasteiger partial charge is 0.257 e. The van der Waals surface area contributed by atoms with Crippen LogP contribution in [-0.4, -0.2) is 63.5 Å². The fourth-order valence-electron chi connectivity index (χ4n) is 3.56. The quantitative estimate of drug-likeness (QED) is 0.388. The van der Waals surface area contributed by atoms with Gasteiger partial charge in [-0.25, -0.2) is 0 Å². The minimum absolute atomic E-state index is 0.0806. The van der Waals surface area contributed by atoms with Gasteiger partial charge in [0, 0.05) is 24.5 Å². The zero-order chi connectivity index (χ0) is 23.2. The third kappa shape index (κ3) is 5.35. The molecule has 0 saturated carbocycles. The molecule has 3 aromatic rings. The molecule has 1 aliphatic heterocycles. The lowest BCUT2D eigenvalue weighted by Gasteiger charge is -2.27. The van der Waals surface area contributed by atoms with Gasteiger partial charge in [-0.1, -0.05) is 48.2 Å². The van der Waals surface area contributed by atoms with E-state index in [4.69, 9.17) is 4.74 Å². The first kappa shape index (κ1) is 23.2. The van der Waals surface area contributed by atoms with Crippen molar-refractivity contribution in [3.63, 3.8) is 0 Å². The van der Waals surface area contributed by atoms with Gasteiger partial charge >= 0.3 is 0 Å². The van der Waals surface area contributed by atoms with E-state index in [1.807, 2.05) is 41.8 Å². The van der Waals surface area contributed by atoms with Crippen LogP contribution in [0.1, 0.15) is 15.9 Å². The molecular formula is C23H25N5O3S2. The van der Waals surface area contributed by atoms with Crippen molar-refractivity contribution in [1.29, 1.82) is 0 Å². The molecule has 0 bridgehead atoms. The molecule has 1 aromatic carbocycles. The number of thiophene rings is 1. The molecule has 10 heteroatoms. The summed E-state index contributed by atoms with van der Waals surface area (Å²) in [6.07, 6.45) is 3.35. The number of ether oxygens (including phenoxy) is 1. The molecule has 0 radical (unpaired) electrons. The van der Waals surface area contributed by atoms with Crippen molar-refractivity contribution in [3.8, 4) is 10.4 Å². The predicted octanol–water partition coefficient (Wildman–Crippen LogP) is 3.70. The molecule has 172 valence electrons. The van der Waals surface area contributed by atoms with Crippen molar-refractivity contribution in [1.82, 2.24) is 19.7 Å². The number of carbonyl (C=O) groups is 2. The van der Waals surface area contributed by atoms with Gasteiger partial charge in [-0.15, -0.1) is 28.1 Å². The van der Waals surface area contributed by atoms with Crippen LogP contribution in [0, 0.1) is 6.92 Å². The lowest BCUT2D eigenvalue weighted by molar-refractivity contribution is -0.113. The number of rotatable bonds is 8. The highest BCUT2D eigenvalue weighted by Crippen LogP contribution is 2.40. The molecule has 1 aliphatic rings. The summed E-state index contributed by atoms with van der Waals surface area (Å²) in [5.41, 5.74) is 2.44. The van der Waals surface area contributed by atoms with E-state index in [9.17, 15) is 9.59 Å². The molecule has 1 N–H and O–H groups in total. The second kappa shape index (κ2) is 10.8. The lowest BCUT2D eigenvalue weighted by Crippen LogP contribution is -2.41. The normalized spacial score (nSPS) is 13.7. The van der Waals surface area contributed by atoms with Crippen LogP contribution in [0.25, 0.3) is 10.4 Å². The van der Waals surface area contributed by atoms with E-state index in [0.717, 1.165) is 16.0 Å². The first-order valence-corrected chi connectivity index (χ1v) is 12.4. The molecule has 0 aliphatic carbocycles. The SMILES string of the molecule is C=CCn1cnnc1SCC(=O)Nc1sc(-c2ccccc2)c(C)c1C(=O)N1CCOCC1. The van der Waals surface area contributed by atoms with Crippen LogP contribution in [0.4, 0.5) is 5.00 Å². The third-order valence-electron chi connectivity index (χ3n) is 5.19. The summed E-state index contributed by atoms with van der Waals surface area (Å²) in [6, 6.07) is 9.90. The number of allylic oxidation sites excluding steroid dienone is 1. The van der Waals surface area contributed by atoms with Crippen molar-refractivity contribution < 1.29 is 14.3 Å². The van der Waals surface area contributed by atoms with Gasteiger partial charge in [0.25, 0.3) is 5.91 Å². The maximum absolute atomic E-state index is 13.4. The topological polar surface area (TPSA) is 89.3 Å². The van der Waals surface area contributed by atoms with Crippen LogP contribution < -0.4 is 5.32 Å². The number of hydrogen-bond acceptors (Lipinski definition) is 7. The van der Waals surface area contributed by atoms with Gasteiger partial charge in [-0.2, -0.15) is 0 Å². The van der Waals surface area contributed by atoms with Crippen LogP contribution in [0.5, 0.6) is 0 Å². The summed E-state index contributed by atoms with van der Waals surface area (Å²) in [4.78, 5) is 29.0. The van der Waals surface area contributed by atoms with Gasteiger partial charge in [0.2, 0.25) is 5.91 Å². The molecular weight excluding hydrogens is 458 g/mol. The molecule has 2 amide bonds. The molecule has 8 nitrogen and oxygen atoms in total. The zero-order valence-corrected chi connectivity index (χ0v) is 20.0. The van der Waals surface area contributed by atoms with Crippen molar-refractivity contribution in [2.75, 3.05) is 37.4 Å². The summed E-state index contributed by atoms with van der Waals surface area (Å²) < 4.78 is 7.22. The predicted molar refractivity (Wildman–Crippen MR) is 131 cm³/mol. The minimum Gasteiger partial charge on any atom is -0.378 e. The summed E-state index contributed by atoms with van der Waals surface area (Å²) in [5, 5.41) is 12.1. The average molecular weight is 484 g/mol. The summed E-state index contributed by atoms with van der Waals surface area (Å²) in [5.74, 6) is -0.133. The van der Waals surface area contributed by atoms with Gasteiger partial charge < -0.3 is 19.5 Å². The number of thioether (sulfide) groups is 1. The monoisotopic (exact) mass is 483 g/mol. The van der Waals surface area contributed by atoms with Crippen LogP contribution in [-0.2, 0) is 16.1 Å². The Labute approximate surface area is 200 Å². The van der Waals surface area contributed by atoms with E-state index in [0.29, 0.717) is 48.6 Å². The second-order valence-corrected chi connectivity index (χ2v) is 9.39. The molecule has 1 fully saturated rings. The van der Waals surface area contributed by atoms with Gasteiger partial charge in [-0.05, 0) is 18.1 Å². The van der Waals surface area contributed by atoms with E-state index in [1.165, 1.54) is 23.1 Å². The first-order valence-electron chi connectivity index (χ1n) is 10.6. The maximum atomic E-state index is 13.4. The summed E-state index contributed by atoms with van der Waals surface area (Å²) >= 11 is 2.72. The number of morpholine rings is 1. The Bertz CT molecular complexity index is 1140. The summed E-state index contributed by atoms with van der Waals surface area (Å²) in [7, 11) is 0.